The number of rotatable bonds is 9. The smallest absolute Gasteiger partial charge is 0.303 e. The predicted molar refractivity (Wildman–Crippen MR) is 97.2 cm³/mol. The molecule has 0 spiro atoms. The summed E-state index contributed by atoms with van der Waals surface area (Å²) < 4.78 is 32.0. The third-order valence-corrected chi connectivity index (χ3v) is 4.25. The molecule has 0 radical (unpaired) electrons. The number of hydrogen-bond acceptors (Lipinski definition) is 12. The maximum absolute atomic E-state index is 11.7. The first kappa shape index (κ1) is 25.1. The fraction of sp³-hybridized carbons (Fsp3) is 0.765. The highest BCUT2D eigenvalue weighted by Gasteiger charge is 2.54. The standard InChI is InChI=1S/C17H26O11S/c1-9(19)23-7-14(25-11(3)21)16-15(26-12(4)22)13(24-10(2)20)6-17(8-18,27-16)28-29-5/h13-16,18H,6-8H2,1-5H3/t13-,14-,15-,16-,17-/m1/s1. The van der Waals surface area contributed by atoms with Gasteiger partial charge in [-0.3, -0.25) is 23.4 Å². The molecular weight excluding hydrogens is 412 g/mol. The molecule has 5 atom stereocenters. The van der Waals surface area contributed by atoms with Crippen LogP contribution in [0.25, 0.3) is 0 Å². The van der Waals surface area contributed by atoms with Crippen molar-refractivity contribution in [2.45, 2.75) is 64.3 Å². The number of aliphatic hydroxyl groups is 1. The van der Waals surface area contributed by atoms with E-state index in [-0.39, 0.29) is 6.42 Å². The molecule has 0 aliphatic carbocycles. The molecule has 0 aromatic heterocycles. The van der Waals surface area contributed by atoms with E-state index in [0.29, 0.717) is 0 Å². The molecule has 1 rings (SSSR count). The Morgan fingerprint density at radius 2 is 1.69 bits per heavy atom. The van der Waals surface area contributed by atoms with Crippen molar-refractivity contribution in [1.82, 2.24) is 0 Å². The summed E-state index contributed by atoms with van der Waals surface area (Å²) in [6.45, 7) is 3.52. The Hall–Kier alpha value is -1.89. The Kier molecular flexibility index (Phi) is 9.83. The molecule has 1 fully saturated rings. The summed E-state index contributed by atoms with van der Waals surface area (Å²) in [4.78, 5) is 46.1. The van der Waals surface area contributed by atoms with Crippen molar-refractivity contribution in [3.05, 3.63) is 0 Å². The van der Waals surface area contributed by atoms with Crippen LogP contribution in [0.5, 0.6) is 0 Å². The summed E-state index contributed by atoms with van der Waals surface area (Å²) in [6, 6.07) is 0. The molecular formula is C17H26O11S. The van der Waals surface area contributed by atoms with E-state index in [9.17, 15) is 24.3 Å². The van der Waals surface area contributed by atoms with Gasteiger partial charge < -0.3 is 28.8 Å². The first-order valence-electron chi connectivity index (χ1n) is 8.69. The van der Waals surface area contributed by atoms with Crippen LogP contribution in [0.2, 0.25) is 0 Å². The van der Waals surface area contributed by atoms with Crippen molar-refractivity contribution in [3.8, 4) is 0 Å². The lowest BCUT2D eigenvalue weighted by atomic mass is 9.92. The van der Waals surface area contributed by atoms with Crippen molar-refractivity contribution >= 4 is 35.9 Å². The lowest BCUT2D eigenvalue weighted by Crippen LogP contribution is -2.63. The normalized spacial score (nSPS) is 27.4. The maximum Gasteiger partial charge on any atom is 0.303 e. The van der Waals surface area contributed by atoms with Gasteiger partial charge in [0.1, 0.15) is 18.8 Å². The van der Waals surface area contributed by atoms with Gasteiger partial charge in [-0.15, -0.1) is 0 Å². The first-order chi connectivity index (χ1) is 13.5. The van der Waals surface area contributed by atoms with E-state index in [1.807, 2.05) is 0 Å². The molecule has 1 heterocycles. The summed E-state index contributed by atoms with van der Waals surface area (Å²) in [5.74, 6) is -4.41. The monoisotopic (exact) mass is 438 g/mol. The van der Waals surface area contributed by atoms with Gasteiger partial charge in [0.15, 0.2) is 12.2 Å². The Balaban J connectivity index is 3.37. The molecule has 29 heavy (non-hydrogen) atoms. The Morgan fingerprint density at radius 1 is 1.07 bits per heavy atom. The number of esters is 4. The quantitative estimate of drug-likeness (QED) is 0.296. The minimum atomic E-state index is -1.66. The second kappa shape index (κ2) is 11.3. The zero-order chi connectivity index (χ0) is 22.2. The van der Waals surface area contributed by atoms with Crippen molar-refractivity contribution in [2.24, 2.45) is 0 Å². The van der Waals surface area contributed by atoms with Gasteiger partial charge in [0, 0.05) is 40.4 Å². The van der Waals surface area contributed by atoms with Crippen LogP contribution < -0.4 is 0 Å². The van der Waals surface area contributed by atoms with Crippen LogP contribution in [0.3, 0.4) is 0 Å². The van der Waals surface area contributed by atoms with E-state index < -0.39 is 67.3 Å². The van der Waals surface area contributed by atoms with Gasteiger partial charge in [0.05, 0.1) is 6.61 Å². The summed E-state index contributed by atoms with van der Waals surface area (Å²) in [6.07, 6.45) is -3.42. The van der Waals surface area contributed by atoms with Gasteiger partial charge in [-0.05, 0) is 12.0 Å². The van der Waals surface area contributed by atoms with Crippen LogP contribution in [0.1, 0.15) is 34.1 Å². The molecule has 1 N–H and O–H groups in total. The molecule has 0 saturated carbocycles. The highest BCUT2D eigenvalue weighted by Crippen LogP contribution is 2.37. The van der Waals surface area contributed by atoms with E-state index >= 15 is 0 Å². The molecule has 0 unspecified atom stereocenters. The first-order valence-corrected chi connectivity index (χ1v) is 9.84. The maximum atomic E-state index is 11.7. The summed E-state index contributed by atoms with van der Waals surface area (Å²) in [7, 11) is 0. The third kappa shape index (κ3) is 7.80. The molecule has 1 aliphatic heterocycles. The summed E-state index contributed by atoms with van der Waals surface area (Å²) in [5.41, 5.74) is 0. The van der Waals surface area contributed by atoms with Crippen molar-refractivity contribution in [2.75, 3.05) is 19.5 Å². The molecule has 1 aliphatic rings. The van der Waals surface area contributed by atoms with Crippen LogP contribution in [-0.4, -0.2) is 78.7 Å². The molecule has 0 bridgehead atoms. The summed E-state index contributed by atoms with van der Waals surface area (Å²) in [5, 5.41) is 9.89. The van der Waals surface area contributed by atoms with Crippen LogP contribution in [0, 0.1) is 0 Å². The van der Waals surface area contributed by atoms with Crippen molar-refractivity contribution in [3.63, 3.8) is 0 Å². The van der Waals surface area contributed by atoms with E-state index in [4.69, 9.17) is 27.9 Å². The molecule has 12 heteroatoms. The van der Waals surface area contributed by atoms with Gasteiger partial charge in [-0.25, -0.2) is 0 Å². The predicted octanol–water partition coefficient (Wildman–Crippen LogP) is 0.117. The number of aliphatic hydroxyl groups excluding tert-OH is 1. The zero-order valence-corrected chi connectivity index (χ0v) is 17.7. The minimum absolute atomic E-state index is 0.168. The number of hydrogen-bond donors (Lipinski definition) is 1. The third-order valence-electron chi connectivity index (χ3n) is 3.78. The lowest BCUT2D eigenvalue weighted by Gasteiger charge is -2.47. The largest absolute Gasteiger partial charge is 0.462 e. The molecule has 166 valence electrons. The second-order valence-corrected chi connectivity index (χ2v) is 6.78. The van der Waals surface area contributed by atoms with Crippen molar-refractivity contribution in [1.29, 1.82) is 0 Å². The fourth-order valence-electron chi connectivity index (χ4n) is 2.88. The minimum Gasteiger partial charge on any atom is -0.462 e. The average molecular weight is 438 g/mol. The van der Waals surface area contributed by atoms with E-state index in [0.717, 1.165) is 39.7 Å². The highest BCUT2D eigenvalue weighted by atomic mass is 32.2. The van der Waals surface area contributed by atoms with Crippen LogP contribution in [-0.2, 0) is 47.0 Å². The average Bonchev–Trinajstić information content (AvgIpc) is 2.59. The molecule has 0 aromatic carbocycles. The lowest BCUT2D eigenvalue weighted by molar-refractivity contribution is -0.314. The number of carbonyl (C=O) groups is 4. The highest BCUT2D eigenvalue weighted by molar-refractivity contribution is 7.93. The number of ether oxygens (including phenoxy) is 5. The SMILES string of the molecule is CSO[C@@]1(CO)C[C@@H](OC(C)=O)[C@@H](OC(C)=O)[C@@H]([C@@H](COC(C)=O)OC(C)=O)O1. The van der Waals surface area contributed by atoms with Crippen molar-refractivity contribution < 1.29 is 52.2 Å². The number of carbonyl (C=O) groups excluding carboxylic acids is 4. The Bertz CT molecular complexity index is 610. The fourth-order valence-corrected chi connectivity index (χ4v) is 3.35. The van der Waals surface area contributed by atoms with Crippen LogP contribution in [0.15, 0.2) is 0 Å². The van der Waals surface area contributed by atoms with Crippen LogP contribution >= 0.6 is 12.0 Å². The van der Waals surface area contributed by atoms with E-state index in [1.54, 1.807) is 6.26 Å². The zero-order valence-electron chi connectivity index (χ0n) is 16.9. The van der Waals surface area contributed by atoms with Gasteiger partial charge in [0.2, 0.25) is 5.79 Å². The molecule has 0 aromatic rings. The topological polar surface area (TPSA) is 144 Å². The van der Waals surface area contributed by atoms with E-state index in [1.165, 1.54) is 0 Å². The van der Waals surface area contributed by atoms with Gasteiger partial charge in [-0.1, -0.05) is 0 Å². The molecule has 11 nitrogen and oxygen atoms in total. The Morgan fingerprint density at radius 3 is 2.14 bits per heavy atom. The van der Waals surface area contributed by atoms with Gasteiger partial charge in [0.25, 0.3) is 0 Å². The molecule has 0 amide bonds. The van der Waals surface area contributed by atoms with E-state index in [2.05, 4.69) is 0 Å². The van der Waals surface area contributed by atoms with Crippen LogP contribution in [0.4, 0.5) is 0 Å². The summed E-state index contributed by atoms with van der Waals surface area (Å²) >= 11 is 0.887. The molecule has 1 saturated heterocycles. The van der Waals surface area contributed by atoms with Gasteiger partial charge >= 0.3 is 23.9 Å². The second-order valence-electron chi connectivity index (χ2n) is 6.28. The Labute approximate surface area is 172 Å². The van der Waals surface area contributed by atoms with Gasteiger partial charge in [-0.2, -0.15) is 0 Å².